The second-order valence-corrected chi connectivity index (χ2v) is 4.37. The molecule has 3 rings (SSSR count). The molecule has 0 bridgehead atoms. The minimum Gasteiger partial charge on any atom is -0.294 e. The van der Waals surface area contributed by atoms with Crippen molar-refractivity contribution in [2.45, 2.75) is 12.3 Å². The first-order chi connectivity index (χ1) is 5.79. The zero-order valence-corrected chi connectivity index (χ0v) is 7.97. The summed E-state index contributed by atoms with van der Waals surface area (Å²) in [6.45, 7) is 0. The number of hydrogen-bond donors (Lipinski definition) is 0. The molecule has 12 heavy (non-hydrogen) atoms. The fraction of sp³-hybridized carbons (Fsp3) is 0.300. The van der Waals surface area contributed by atoms with Crippen LogP contribution in [0.2, 0.25) is 0 Å². The van der Waals surface area contributed by atoms with Crippen molar-refractivity contribution >= 4 is 21.7 Å². The smallest absolute Gasteiger partial charge is 0.166 e. The van der Waals surface area contributed by atoms with Gasteiger partial charge in [-0.15, -0.1) is 0 Å². The van der Waals surface area contributed by atoms with Crippen LogP contribution in [0.3, 0.4) is 0 Å². The van der Waals surface area contributed by atoms with Crippen molar-refractivity contribution in [2.75, 3.05) is 0 Å². The van der Waals surface area contributed by atoms with Crippen LogP contribution in [0.15, 0.2) is 22.7 Å². The number of Topliss-reactive ketones (excluding diaryl/α,β-unsaturated/α-hetero) is 1. The van der Waals surface area contributed by atoms with E-state index in [0.29, 0.717) is 17.6 Å². The molecule has 2 unspecified atom stereocenters. The minimum absolute atomic E-state index is 0.332. The molecule has 0 heterocycles. The summed E-state index contributed by atoms with van der Waals surface area (Å²) in [6, 6.07) is 5.90. The Bertz CT molecular complexity index is 383. The van der Waals surface area contributed by atoms with Gasteiger partial charge in [-0.1, -0.05) is 28.1 Å². The lowest BCUT2D eigenvalue weighted by Gasteiger charge is -2.02. The molecule has 1 saturated carbocycles. The molecule has 0 amide bonds. The van der Waals surface area contributed by atoms with Gasteiger partial charge in [0.15, 0.2) is 5.78 Å². The lowest BCUT2D eigenvalue weighted by atomic mass is 10.1. The second-order valence-electron chi connectivity index (χ2n) is 3.51. The number of hydrogen-bond acceptors (Lipinski definition) is 1. The molecule has 2 atom stereocenters. The summed E-state index contributed by atoms with van der Waals surface area (Å²) in [5.74, 6) is 1.23. The Labute approximate surface area is 78.9 Å². The topological polar surface area (TPSA) is 17.1 Å². The van der Waals surface area contributed by atoms with Crippen molar-refractivity contribution in [3.8, 4) is 0 Å². The Kier molecular flexibility index (Phi) is 1.14. The van der Waals surface area contributed by atoms with Crippen LogP contribution in [0, 0.1) is 5.92 Å². The van der Waals surface area contributed by atoms with E-state index in [1.54, 1.807) is 0 Å². The molecule has 60 valence electrons. The van der Waals surface area contributed by atoms with Crippen LogP contribution in [0.25, 0.3) is 0 Å². The highest BCUT2D eigenvalue weighted by atomic mass is 79.9. The molecule has 0 N–H and O–H groups in total. The SMILES string of the molecule is O=C1c2cccc(Br)c2C2CC12. The van der Waals surface area contributed by atoms with E-state index in [2.05, 4.69) is 15.9 Å². The average Bonchev–Trinajstić information content (AvgIpc) is 2.77. The van der Waals surface area contributed by atoms with Crippen LogP contribution < -0.4 is 0 Å². The number of halogens is 1. The fourth-order valence-corrected chi connectivity index (χ4v) is 2.79. The average molecular weight is 223 g/mol. The zero-order chi connectivity index (χ0) is 8.29. The predicted octanol–water partition coefficient (Wildman–Crippen LogP) is 2.75. The maximum absolute atomic E-state index is 11.6. The van der Waals surface area contributed by atoms with Gasteiger partial charge in [0.25, 0.3) is 0 Å². The summed E-state index contributed by atoms with van der Waals surface area (Å²) in [6.07, 6.45) is 1.08. The second kappa shape index (κ2) is 1.99. The van der Waals surface area contributed by atoms with Crippen molar-refractivity contribution in [3.63, 3.8) is 0 Å². The normalized spacial score (nSPS) is 29.9. The van der Waals surface area contributed by atoms with Crippen molar-refractivity contribution in [1.82, 2.24) is 0 Å². The van der Waals surface area contributed by atoms with Crippen LogP contribution in [0.1, 0.15) is 28.3 Å². The van der Waals surface area contributed by atoms with Crippen LogP contribution in [0.5, 0.6) is 0 Å². The number of carbonyl (C=O) groups excluding carboxylic acids is 1. The molecule has 1 fully saturated rings. The predicted molar refractivity (Wildman–Crippen MR) is 49.3 cm³/mol. The lowest BCUT2D eigenvalue weighted by Crippen LogP contribution is -1.97. The third kappa shape index (κ3) is 0.667. The largest absolute Gasteiger partial charge is 0.294 e. The summed E-state index contributed by atoms with van der Waals surface area (Å²) in [5, 5.41) is 0. The van der Waals surface area contributed by atoms with Crippen LogP contribution in [0.4, 0.5) is 0 Å². The van der Waals surface area contributed by atoms with Gasteiger partial charge in [0.05, 0.1) is 0 Å². The molecule has 2 heteroatoms. The number of ketones is 1. The van der Waals surface area contributed by atoms with E-state index < -0.39 is 0 Å². The molecule has 1 nitrogen and oxygen atoms in total. The Morgan fingerprint density at radius 3 is 2.92 bits per heavy atom. The van der Waals surface area contributed by atoms with Gasteiger partial charge in [-0.05, 0) is 24.0 Å². The van der Waals surface area contributed by atoms with E-state index in [1.165, 1.54) is 5.56 Å². The van der Waals surface area contributed by atoms with Crippen molar-refractivity contribution < 1.29 is 4.79 Å². The highest BCUT2D eigenvalue weighted by Gasteiger charge is 2.52. The maximum atomic E-state index is 11.6. The number of carbonyl (C=O) groups is 1. The van der Waals surface area contributed by atoms with E-state index in [9.17, 15) is 4.79 Å². The lowest BCUT2D eigenvalue weighted by molar-refractivity contribution is 0.0974. The van der Waals surface area contributed by atoms with Crippen molar-refractivity contribution in [2.24, 2.45) is 5.92 Å². The van der Waals surface area contributed by atoms with Gasteiger partial charge < -0.3 is 0 Å². The van der Waals surface area contributed by atoms with Gasteiger partial charge in [0, 0.05) is 16.0 Å². The summed E-state index contributed by atoms with van der Waals surface area (Å²) in [7, 11) is 0. The Morgan fingerprint density at radius 1 is 1.33 bits per heavy atom. The first-order valence-electron chi connectivity index (χ1n) is 4.11. The van der Waals surface area contributed by atoms with E-state index >= 15 is 0 Å². The third-order valence-corrected chi connectivity index (χ3v) is 3.51. The van der Waals surface area contributed by atoms with Crippen molar-refractivity contribution in [1.29, 1.82) is 0 Å². The molecule has 0 radical (unpaired) electrons. The van der Waals surface area contributed by atoms with Crippen LogP contribution in [-0.2, 0) is 0 Å². The number of benzene rings is 1. The summed E-state index contributed by atoms with van der Waals surface area (Å²) in [5.41, 5.74) is 2.21. The Hall–Kier alpha value is -0.630. The van der Waals surface area contributed by atoms with Crippen LogP contribution >= 0.6 is 15.9 Å². The first kappa shape index (κ1) is 6.84. The van der Waals surface area contributed by atoms with Gasteiger partial charge >= 0.3 is 0 Å². The summed E-state index contributed by atoms with van der Waals surface area (Å²) >= 11 is 3.49. The quantitative estimate of drug-likeness (QED) is 0.660. The molecule has 1 aromatic carbocycles. The van der Waals surface area contributed by atoms with Gasteiger partial charge in [0.2, 0.25) is 0 Å². The molecule has 0 aromatic heterocycles. The van der Waals surface area contributed by atoms with Gasteiger partial charge in [-0.2, -0.15) is 0 Å². The molecule has 2 aliphatic carbocycles. The fourth-order valence-electron chi connectivity index (χ4n) is 2.13. The molecule has 0 saturated heterocycles. The van der Waals surface area contributed by atoms with Gasteiger partial charge in [-0.3, -0.25) is 4.79 Å². The molecular weight excluding hydrogens is 216 g/mol. The monoisotopic (exact) mass is 222 g/mol. The molecule has 2 aliphatic rings. The summed E-state index contributed by atoms with van der Waals surface area (Å²) < 4.78 is 1.11. The maximum Gasteiger partial charge on any atom is 0.166 e. The molecule has 0 spiro atoms. The van der Waals surface area contributed by atoms with Crippen LogP contribution in [-0.4, -0.2) is 5.78 Å². The summed E-state index contributed by atoms with van der Waals surface area (Å²) in [4.78, 5) is 11.6. The van der Waals surface area contributed by atoms with E-state index in [0.717, 1.165) is 16.5 Å². The van der Waals surface area contributed by atoms with E-state index in [-0.39, 0.29) is 0 Å². The first-order valence-corrected chi connectivity index (χ1v) is 4.91. The zero-order valence-electron chi connectivity index (χ0n) is 6.38. The standard InChI is InChI=1S/C10H7BrO/c11-8-3-1-2-5-9(8)6-4-7(6)10(5)12/h1-3,6-7H,4H2. The third-order valence-electron chi connectivity index (χ3n) is 2.82. The highest BCUT2D eigenvalue weighted by molar-refractivity contribution is 9.10. The molecule has 0 aliphatic heterocycles. The Balaban J connectivity index is 2.32. The number of fused-ring (bicyclic) bond motifs is 3. The van der Waals surface area contributed by atoms with E-state index in [4.69, 9.17) is 0 Å². The minimum atomic E-state index is 0.332. The molecule has 1 aromatic rings. The highest BCUT2D eigenvalue weighted by Crippen LogP contribution is 2.57. The van der Waals surface area contributed by atoms with Gasteiger partial charge in [-0.25, -0.2) is 0 Å². The Morgan fingerprint density at radius 2 is 2.17 bits per heavy atom. The van der Waals surface area contributed by atoms with Crippen molar-refractivity contribution in [3.05, 3.63) is 33.8 Å². The number of rotatable bonds is 0. The van der Waals surface area contributed by atoms with Gasteiger partial charge in [0.1, 0.15) is 0 Å². The van der Waals surface area contributed by atoms with E-state index in [1.807, 2.05) is 18.2 Å². The molecular formula is C10H7BrO.